The molecule has 170 valence electrons. The van der Waals surface area contributed by atoms with E-state index in [2.05, 4.69) is 38.8 Å². The summed E-state index contributed by atoms with van der Waals surface area (Å²) >= 11 is 0. The first-order chi connectivity index (χ1) is 15.8. The second kappa shape index (κ2) is 13.4. The Balaban J connectivity index is 1.38. The first kappa shape index (κ1) is 23.6. The van der Waals surface area contributed by atoms with Crippen LogP contribution in [0.15, 0.2) is 47.2 Å². The Morgan fingerprint density at radius 2 is 1.94 bits per heavy atom. The molecular weight excluding hydrogens is 402 g/mol. The lowest BCUT2D eigenvalue weighted by Gasteiger charge is -2.06. The fourth-order valence-corrected chi connectivity index (χ4v) is 3.26. The third-order valence-corrected chi connectivity index (χ3v) is 5.02. The maximum absolute atomic E-state index is 5.82. The van der Waals surface area contributed by atoms with E-state index in [1.54, 1.807) is 6.20 Å². The van der Waals surface area contributed by atoms with E-state index < -0.39 is 0 Å². The average molecular weight is 436 g/mol. The topological polar surface area (TPSA) is 91.1 Å². The van der Waals surface area contributed by atoms with Gasteiger partial charge in [0.05, 0.1) is 13.2 Å². The van der Waals surface area contributed by atoms with Gasteiger partial charge in [-0.1, -0.05) is 18.0 Å². The summed E-state index contributed by atoms with van der Waals surface area (Å²) in [6.07, 6.45) is 9.03. The molecule has 0 aliphatic rings. The van der Waals surface area contributed by atoms with Crippen molar-refractivity contribution in [3.8, 4) is 17.6 Å². The molecule has 0 radical (unpaired) electrons. The second-order valence-corrected chi connectivity index (χ2v) is 7.58. The van der Waals surface area contributed by atoms with Gasteiger partial charge >= 0.3 is 0 Å². The van der Waals surface area contributed by atoms with Crippen molar-refractivity contribution in [3.05, 3.63) is 65.6 Å². The van der Waals surface area contributed by atoms with Crippen molar-refractivity contribution < 1.29 is 9.26 Å². The molecule has 0 saturated carbocycles. The number of hydrogen-bond donors (Lipinski definition) is 2. The van der Waals surface area contributed by atoms with Crippen molar-refractivity contribution >= 4 is 0 Å². The van der Waals surface area contributed by atoms with Crippen molar-refractivity contribution in [2.45, 2.75) is 45.6 Å². The summed E-state index contributed by atoms with van der Waals surface area (Å²) in [7, 11) is 0. The smallest absolute Gasteiger partial charge is 0.210 e. The van der Waals surface area contributed by atoms with Gasteiger partial charge in [-0.25, -0.2) is 4.98 Å². The normalized spacial score (nSPS) is 10.7. The highest BCUT2D eigenvalue weighted by Gasteiger charge is 2.06. The molecule has 3 N–H and O–H groups in total. The van der Waals surface area contributed by atoms with E-state index in [0.717, 1.165) is 81.2 Å². The molecule has 0 unspecified atom stereocenters. The molecule has 2 aromatic heterocycles. The van der Waals surface area contributed by atoms with Crippen molar-refractivity contribution in [2.75, 3.05) is 26.2 Å². The Bertz CT molecular complexity index is 982. The largest absolute Gasteiger partial charge is 0.494 e. The molecule has 0 fully saturated rings. The number of aromatic nitrogens is 3. The number of hydrogen-bond acceptors (Lipinski definition) is 6. The highest BCUT2D eigenvalue weighted by molar-refractivity contribution is 5.41. The van der Waals surface area contributed by atoms with E-state index in [4.69, 9.17) is 15.0 Å². The van der Waals surface area contributed by atoms with E-state index in [9.17, 15) is 0 Å². The van der Waals surface area contributed by atoms with Crippen LogP contribution in [-0.4, -0.2) is 40.9 Å². The number of nitrogens with zero attached hydrogens (tertiary/aromatic N) is 3. The van der Waals surface area contributed by atoms with Crippen molar-refractivity contribution in [1.82, 2.24) is 20.0 Å². The van der Waals surface area contributed by atoms with Crippen LogP contribution in [0.4, 0.5) is 0 Å². The zero-order chi connectivity index (χ0) is 22.4. The predicted molar refractivity (Wildman–Crippen MR) is 126 cm³/mol. The summed E-state index contributed by atoms with van der Waals surface area (Å²) < 4.78 is 13.2. The molecule has 0 aliphatic carbocycles. The number of rotatable bonds is 13. The highest BCUT2D eigenvalue weighted by atomic mass is 16.5. The van der Waals surface area contributed by atoms with Gasteiger partial charge in [-0.15, -0.1) is 0 Å². The van der Waals surface area contributed by atoms with Gasteiger partial charge in [0, 0.05) is 30.4 Å². The molecule has 7 nitrogen and oxygen atoms in total. The van der Waals surface area contributed by atoms with Crippen LogP contribution < -0.4 is 15.8 Å². The molecule has 1 aromatic carbocycles. The molecule has 0 aliphatic heterocycles. The van der Waals surface area contributed by atoms with Gasteiger partial charge in [0.15, 0.2) is 0 Å². The van der Waals surface area contributed by atoms with Gasteiger partial charge in [0.25, 0.3) is 0 Å². The van der Waals surface area contributed by atoms with Gasteiger partial charge in [-0.3, -0.25) is 0 Å². The molecule has 3 rings (SSSR count). The molecule has 0 spiro atoms. The van der Waals surface area contributed by atoms with Crippen molar-refractivity contribution in [3.63, 3.8) is 0 Å². The van der Waals surface area contributed by atoms with Crippen LogP contribution in [0.3, 0.4) is 0 Å². The van der Waals surface area contributed by atoms with Gasteiger partial charge < -0.3 is 24.9 Å². The minimum Gasteiger partial charge on any atom is -0.494 e. The van der Waals surface area contributed by atoms with Crippen molar-refractivity contribution in [1.29, 1.82) is 0 Å². The summed E-state index contributed by atoms with van der Waals surface area (Å²) in [5.74, 6) is 8.59. The molecular formula is C25H33N5O2. The van der Waals surface area contributed by atoms with Crippen molar-refractivity contribution in [2.24, 2.45) is 5.73 Å². The molecule has 0 bridgehead atoms. The average Bonchev–Trinajstić information content (AvgIpc) is 3.46. The third-order valence-electron chi connectivity index (χ3n) is 5.02. The zero-order valence-corrected chi connectivity index (χ0v) is 18.8. The maximum atomic E-state index is 5.82. The Kier molecular flexibility index (Phi) is 9.84. The molecule has 32 heavy (non-hydrogen) atoms. The van der Waals surface area contributed by atoms with E-state index in [-0.39, 0.29) is 0 Å². The van der Waals surface area contributed by atoms with Crippen LogP contribution >= 0.6 is 0 Å². The molecule has 2 heterocycles. The number of benzene rings is 1. The molecule has 3 aromatic rings. The highest BCUT2D eigenvalue weighted by Crippen LogP contribution is 2.13. The Labute approximate surface area is 190 Å². The molecule has 7 heteroatoms. The Morgan fingerprint density at radius 3 is 2.75 bits per heavy atom. The summed E-state index contributed by atoms with van der Waals surface area (Å²) in [5.41, 5.74) is 7.21. The van der Waals surface area contributed by atoms with E-state index >= 15 is 0 Å². The first-order valence-electron chi connectivity index (χ1n) is 11.4. The van der Waals surface area contributed by atoms with Gasteiger partial charge in [0.1, 0.15) is 17.3 Å². The molecule has 0 amide bonds. The van der Waals surface area contributed by atoms with Gasteiger partial charge in [-0.05, 0) is 75.5 Å². The van der Waals surface area contributed by atoms with E-state index in [0.29, 0.717) is 12.3 Å². The monoisotopic (exact) mass is 435 g/mol. The molecule has 0 saturated heterocycles. The first-order valence-corrected chi connectivity index (χ1v) is 11.4. The fourth-order valence-electron chi connectivity index (χ4n) is 3.26. The fraction of sp³-hybridized carbons (Fsp3) is 0.440. The van der Waals surface area contributed by atoms with Gasteiger partial charge in [0.2, 0.25) is 5.76 Å². The third kappa shape index (κ3) is 7.88. The van der Waals surface area contributed by atoms with Crippen LogP contribution in [0, 0.1) is 11.8 Å². The van der Waals surface area contributed by atoms with E-state index in [1.807, 2.05) is 36.5 Å². The lowest BCUT2D eigenvalue weighted by Crippen LogP contribution is -2.19. The number of nitrogens with one attached hydrogen (secondary N) is 1. The van der Waals surface area contributed by atoms with E-state index in [1.165, 1.54) is 0 Å². The minimum atomic E-state index is 0.552. The predicted octanol–water partition coefficient (Wildman–Crippen LogP) is 3.37. The zero-order valence-electron chi connectivity index (χ0n) is 18.8. The SMILES string of the molecule is CCc1nccn1Cc1cc(C#Cc2ccc(OCCCCCNCCCN)cc2)on1. The van der Waals surface area contributed by atoms with Crippen LogP contribution in [0.2, 0.25) is 0 Å². The number of nitrogens with two attached hydrogens (primary N) is 1. The molecule has 0 atom stereocenters. The lowest BCUT2D eigenvalue weighted by atomic mass is 10.2. The number of imidazole rings is 1. The maximum Gasteiger partial charge on any atom is 0.210 e. The second-order valence-electron chi connectivity index (χ2n) is 7.58. The summed E-state index contributed by atoms with van der Waals surface area (Å²) in [6, 6.07) is 9.70. The van der Waals surface area contributed by atoms with Crippen LogP contribution in [0.5, 0.6) is 5.75 Å². The van der Waals surface area contributed by atoms with Crippen LogP contribution in [0.1, 0.15) is 55.4 Å². The number of aryl methyl sites for hydroxylation is 1. The van der Waals surface area contributed by atoms with Gasteiger partial charge in [-0.2, -0.15) is 0 Å². The van der Waals surface area contributed by atoms with Crippen LogP contribution in [0.25, 0.3) is 0 Å². The van der Waals surface area contributed by atoms with Crippen LogP contribution in [-0.2, 0) is 13.0 Å². The summed E-state index contributed by atoms with van der Waals surface area (Å²) in [5, 5.41) is 7.50. The lowest BCUT2D eigenvalue weighted by molar-refractivity contribution is 0.305. The minimum absolute atomic E-state index is 0.552. The number of unbranched alkanes of at least 4 members (excludes halogenated alkanes) is 2. The Hall–Kier alpha value is -3.08. The number of ether oxygens (including phenoxy) is 1. The summed E-state index contributed by atoms with van der Waals surface area (Å²) in [4.78, 5) is 4.33. The Morgan fingerprint density at radius 1 is 1.09 bits per heavy atom. The standard InChI is InChI=1S/C25H33N5O2/c1-2-25-28-16-17-30(25)20-22-19-24(32-29-22)12-9-21-7-10-23(11-8-21)31-18-5-3-4-14-27-15-6-13-26/h7-8,10-11,16-17,19,27H,2-6,13-15,18,20,26H2,1H3. The quantitative estimate of drug-likeness (QED) is 0.316. The summed E-state index contributed by atoms with van der Waals surface area (Å²) in [6.45, 7) is 6.24.